The lowest BCUT2D eigenvalue weighted by Crippen LogP contribution is -2.27. The molecule has 1 fully saturated rings. The molecule has 0 saturated carbocycles. The number of carboxylic acids is 1. The normalized spacial score (nSPS) is 15.0. The van der Waals surface area contributed by atoms with Crippen LogP contribution in [-0.4, -0.2) is 35.0 Å². The number of methoxy groups -OCH3 is 1. The van der Waals surface area contributed by atoms with Crippen LogP contribution < -0.4 is 14.4 Å². The summed E-state index contributed by atoms with van der Waals surface area (Å²) in [4.78, 5) is 25.6. The summed E-state index contributed by atoms with van der Waals surface area (Å²) < 4.78 is 11.3. The van der Waals surface area contributed by atoms with E-state index in [0.717, 1.165) is 17.7 Å². The van der Waals surface area contributed by atoms with E-state index in [1.54, 1.807) is 24.3 Å². The van der Waals surface area contributed by atoms with Gasteiger partial charge in [-0.15, -0.1) is 0 Å². The van der Waals surface area contributed by atoms with Gasteiger partial charge in [0.05, 0.1) is 30.7 Å². The first kappa shape index (κ1) is 21.9. The van der Waals surface area contributed by atoms with E-state index in [1.165, 1.54) is 29.3 Å². The van der Waals surface area contributed by atoms with E-state index in [9.17, 15) is 9.59 Å². The smallest absolute Gasteiger partial charge is 0.306 e. The third-order valence-electron chi connectivity index (χ3n) is 4.46. The number of benzene rings is 2. The standard InChI is InChI=1S/C22H21NO5S2/c1-3-14-4-7-16(8-5-14)23-21(26)19(30-22(23)29)13-15-6-9-17(18(12-15)27-2)28-11-10-20(24)25/h4-9,12-13H,3,10-11H2,1-2H3,(H,24,25)/b19-13+. The Labute approximate surface area is 184 Å². The Morgan fingerprint density at radius 2 is 1.93 bits per heavy atom. The summed E-state index contributed by atoms with van der Waals surface area (Å²) >= 11 is 6.67. The van der Waals surface area contributed by atoms with Gasteiger partial charge in [-0.1, -0.05) is 49.1 Å². The Kier molecular flexibility index (Phi) is 7.12. The maximum atomic E-state index is 12.9. The zero-order valence-corrected chi connectivity index (χ0v) is 18.2. The van der Waals surface area contributed by atoms with E-state index in [1.807, 2.05) is 24.3 Å². The highest BCUT2D eigenvalue weighted by atomic mass is 32.2. The number of carbonyl (C=O) groups excluding carboxylic acids is 1. The van der Waals surface area contributed by atoms with Crippen LogP contribution in [0.1, 0.15) is 24.5 Å². The second-order valence-electron chi connectivity index (χ2n) is 6.44. The number of hydrogen-bond donors (Lipinski definition) is 1. The molecule has 3 rings (SSSR count). The fourth-order valence-corrected chi connectivity index (χ4v) is 4.16. The highest BCUT2D eigenvalue weighted by Crippen LogP contribution is 2.37. The van der Waals surface area contributed by atoms with Crippen molar-refractivity contribution < 1.29 is 24.2 Å². The summed E-state index contributed by atoms with van der Waals surface area (Å²) in [5.74, 6) is -0.203. The summed E-state index contributed by atoms with van der Waals surface area (Å²) in [5.41, 5.74) is 2.69. The first-order valence-corrected chi connectivity index (χ1v) is 10.5. The van der Waals surface area contributed by atoms with Crippen molar-refractivity contribution in [1.82, 2.24) is 0 Å². The number of aryl methyl sites for hydroxylation is 1. The molecule has 156 valence electrons. The molecular weight excluding hydrogens is 422 g/mol. The lowest BCUT2D eigenvalue weighted by Gasteiger charge is -2.14. The Morgan fingerprint density at radius 3 is 2.57 bits per heavy atom. The van der Waals surface area contributed by atoms with Crippen molar-refractivity contribution in [3.05, 3.63) is 58.5 Å². The molecule has 1 N–H and O–H groups in total. The predicted molar refractivity (Wildman–Crippen MR) is 122 cm³/mol. The highest BCUT2D eigenvalue weighted by molar-refractivity contribution is 8.27. The Balaban J connectivity index is 1.79. The SMILES string of the molecule is CCc1ccc(N2C(=O)/C(=C\c3ccc(OCCC(=O)O)c(OC)c3)SC2=S)cc1. The molecule has 0 unspecified atom stereocenters. The summed E-state index contributed by atoms with van der Waals surface area (Å²) in [6, 6.07) is 13.0. The number of carboxylic acid groups (broad SMARTS) is 1. The third kappa shape index (κ3) is 5.01. The molecule has 1 saturated heterocycles. The quantitative estimate of drug-likeness (QED) is 0.475. The monoisotopic (exact) mass is 443 g/mol. The van der Waals surface area contributed by atoms with E-state index < -0.39 is 5.97 Å². The molecule has 6 nitrogen and oxygen atoms in total. The number of aliphatic carboxylic acids is 1. The van der Waals surface area contributed by atoms with Gasteiger partial charge in [-0.25, -0.2) is 0 Å². The lowest BCUT2D eigenvalue weighted by atomic mass is 10.1. The van der Waals surface area contributed by atoms with Gasteiger partial charge in [0.2, 0.25) is 0 Å². The van der Waals surface area contributed by atoms with Crippen molar-refractivity contribution in [3.63, 3.8) is 0 Å². The second kappa shape index (κ2) is 9.77. The van der Waals surface area contributed by atoms with Gasteiger partial charge >= 0.3 is 5.97 Å². The maximum absolute atomic E-state index is 12.9. The number of carbonyl (C=O) groups is 2. The zero-order valence-electron chi connectivity index (χ0n) is 16.6. The average molecular weight is 444 g/mol. The van der Waals surface area contributed by atoms with Crippen molar-refractivity contribution in [2.45, 2.75) is 19.8 Å². The van der Waals surface area contributed by atoms with Gasteiger partial charge in [-0.2, -0.15) is 0 Å². The van der Waals surface area contributed by atoms with E-state index in [4.69, 9.17) is 26.8 Å². The first-order valence-electron chi connectivity index (χ1n) is 9.32. The van der Waals surface area contributed by atoms with Crippen LogP contribution in [0.25, 0.3) is 6.08 Å². The van der Waals surface area contributed by atoms with Gasteiger partial charge in [-0.05, 0) is 47.9 Å². The van der Waals surface area contributed by atoms with Gasteiger partial charge < -0.3 is 14.6 Å². The number of nitrogens with zero attached hydrogens (tertiary/aromatic N) is 1. The molecule has 2 aromatic carbocycles. The zero-order chi connectivity index (χ0) is 21.7. The molecule has 0 atom stereocenters. The number of amides is 1. The van der Waals surface area contributed by atoms with E-state index in [2.05, 4.69) is 6.92 Å². The topological polar surface area (TPSA) is 76.1 Å². The van der Waals surface area contributed by atoms with Crippen LogP contribution in [0.15, 0.2) is 47.4 Å². The predicted octanol–water partition coefficient (Wildman–Crippen LogP) is 4.52. The van der Waals surface area contributed by atoms with Crippen LogP contribution >= 0.6 is 24.0 Å². The molecule has 0 aliphatic carbocycles. The maximum Gasteiger partial charge on any atom is 0.306 e. The molecule has 0 radical (unpaired) electrons. The van der Waals surface area contributed by atoms with Gasteiger partial charge in [0.25, 0.3) is 5.91 Å². The van der Waals surface area contributed by atoms with E-state index in [-0.39, 0.29) is 18.9 Å². The van der Waals surface area contributed by atoms with Crippen molar-refractivity contribution in [2.75, 3.05) is 18.6 Å². The molecule has 0 spiro atoms. The fraction of sp³-hybridized carbons (Fsp3) is 0.227. The van der Waals surface area contributed by atoms with Gasteiger partial charge in [-0.3, -0.25) is 14.5 Å². The Morgan fingerprint density at radius 1 is 1.20 bits per heavy atom. The van der Waals surface area contributed by atoms with E-state index >= 15 is 0 Å². The minimum atomic E-state index is -0.933. The number of thiocarbonyl (C=S) groups is 1. The summed E-state index contributed by atoms with van der Waals surface area (Å²) in [6.45, 7) is 2.12. The number of hydrogen-bond acceptors (Lipinski definition) is 6. The number of thioether (sulfide) groups is 1. The molecule has 0 bridgehead atoms. The van der Waals surface area contributed by atoms with Crippen LogP contribution in [0.3, 0.4) is 0 Å². The molecule has 1 heterocycles. The van der Waals surface area contributed by atoms with E-state index in [0.29, 0.717) is 20.7 Å². The minimum absolute atomic E-state index is 0.0422. The number of rotatable bonds is 8. The molecule has 2 aromatic rings. The van der Waals surface area contributed by atoms with Crippen LogP contribution in [0.5, 0.6) is 11.5 Å². The second-order valence-corrected chi connectivity index (χ2v) is 8.12. The lowest BCUT2D eigenvalue weighted by molar-refractivity contribution is -0.137. The van der Waals surface area contributed by atoms with Crippen LogP contribution in [-0.2, 0) is 16.0 Å². The molecule has 1 aliphatic rings. The Hall–Kier alpha value is -2.84. The molecule has 0 aromatic heterocycles. The summed E-state index contributed by atoms with van der Waals surface area (Å²) in [6.07, 6.45) is 2.58. The van der Waals surface area contributed by atoms with Gasteiger partial charge in [0, 0.05) is 0 Å². The first-order chi connectivity index (χ1) is 14.4. The number of ether oxygens (including phenoxy) is 2. The Bertz CT molecular complexity index is 1000. The van der Waals surface area contributed by atoms with Crippen molar-refractivity contribution >= 4 is 51.9 Å². The summed E-state index contributed by atoms with van der Waals surface area (Å²) in [5, 5.41) is 8.73. The summed E-state index contributed by atoms with van der Waals surface area (Å²) in [7, 11) is 1.50. The molecule has 1 aliphatic heterocycles. The molecule has 8 heteroatoms. The number of anilines is 1. The van der Waals surface area contributed by atoms with Crippen LogP contribution in [0.4, 0.5) is 5.69 Å². The van der Waals surface area contributed by atoms with Crippen molar-refractivity contribution in [2.24, 2.45) is 0 Å². The third-order valence-corrected chi connectivity index (χ3v) is 5.76. The molecule has 1 amide bonds. The van der Waals surface area contributed by atoms with Crippen molar-refractivity contribution in [3.8, 4) is 11.5 Å². The fourth-order valence-electron chi connectivity index (χ4n) is 2.86. The van der Waals surface area contributed by atoms with Crippen LogP contribution in [0.2, 0.25) is 0 Å². The highest BCUT2D eigenvalue weighted by Gasteiger charge is 2.33. The van der Waals surface area contributed by atoms with Gasteiger partial charge in [0.15, 0.2) is 15.8 Å². The van der Waals surface area contributed by atoms with Crippen molar-refractivity contribution in [1.29, 1.82) is 0 Å². The van der Waals surface area contributed by atoms with Crippen LogP contribution in [0, 0.1) is 0 Å². The van der Waals surface area contributed by atoms with Gasteiger partial charge in [0.1, 0.15) is 0 Å². The molecule has 30 heavy (non-hydrogen) atoms. The largest absolute Gasteiger partial charge is 0.493 e. The minimum Gasteiger partial charge on any atom is -0.493 e. The molecular formula is C22H21NO5S2. The average Bonchev–Trinajstić information content (AvgIpc) is 3.01.